The number of carbonyl (C=O) groups excluding carboxylic acids is 1. The van der Waals surface area contributed by atoms with Gasteiger partial charge in [-0.05, 0) is 29.8 Å². The van der Waals surface area contributed by atoms with Crippen LogP contribution in [0.4, 0.5) is 5.69 Å². The molecular formula is C17H13NO3. The van der Waals surface area contributed by atoms with Crippen molar-refractivity contribution in [3.8, 4) is 11.5 Å². The summed E-state index contributed by atoms with van der Waals surface area (Å²) < 4.78 is 11.1. The van der Waals surface area contributed by atoms with Gasteiger partial charge < -0.3 is 14.8 Å². The van der Waals surface area contributed by atoms with Crippen molar-refractivity contribution in [2.24, 2.45) is 0 Å². The zero-order chi connectivity index (χ0) is 14.2. The maximum absolute atomic E-state index is 12.1. The summed E-state index contributed by atoms with van der Waals surface area (Å²) in [6.45, 7) is 1.12. The number of nitrogens with one attached hydrogen (secondary N) is 1. The summed E-state index contributed by atoms with van der Waals surface area (Å²) in [6, 6.07) is 13.4. The summed E-state index contributed by atoms with van der Waals surface area (Å²) in [5, 5.41) is 2.87. The second kappa shape index (κ2) is 4.66. The molecule has 2 aromatic carbocycles. The Morgan fingerprint density at radius 2 is 1.81 bits per heavy atom. The average molecular weight is 279 g/mol. The molecule has 21 heavy (non-hydrogen) atoms. The molecule has 0 radical (unpaired) electrons. The molecular weight excluding hydrogens is 266 g/mol. The molecule has 0 saturated carbocycles. The van der Waals surface area contributed by atoms with Gasteiger partial charge in [0, 0.05) is 16.8 Å². The lowest BCUT2D eigenvalue weighted by Gasteiger charge is -2.18. The van der Waals surface area contributed by atoms with Gasteiger partial charge in [0.1, 0.15) is 13.2 Å². The third-order valence-electron chi connectivity index (χ3n) is 3.59. The second-order valence-electron chi connectivity index (χ2n) is 4.96. The molecule has 2 aliphatic heterocycles. The van der Waals surface area contributed by atoms with Crippen LogP contribution in [0.2, 0.25) is 0 Å². The van der Waals surface area contributed by atoms with Crippen LogP contribution in [-0.4, -0.2) is 19.1 Å². The molecule has 0 bridgehead atoms. The van der Waals surface area contributed by atoms with E-state index in [1.807, 2.05) is 48.5 Å². The Hall–Kier alpha value is -2.75. The fourth-order valence-electron chi connectivity index (χ4n) is 2.60. The number of hydrogen-bond donors (Lipinski definition) is 1. The first-order valence-corrected chi connectivity index (χ1v) is 6.83. The van der Waals surface area contributed by atoms with Crippen LogP contribution in [0.5, 0.6) is 11.5 Å². The van der Waals surface area contributed by atoms with Gasteiger partial charge in [0.2, 0.25) is 0 Å². The summed E-state index contributed by atoms with van der Waals surface area (Å²) >= 11 is 0. The highest BCUT2D eigenvalue weighted by molar-refractivity contribution is 6.34. The summed E-state index contributed by atoms with van der Waals surface area (Å²) in [5.74, 6) is 1.40. The number of hydrogen-bond acceptors (Lipinski definition) is 3. The highest BCUT2D eigenvalue weighted by atomic mass is 16.6. The number of ether oxygens (including phenoxy) is 2. The first kappa shape index (κ1) is 12.0. The maximum Gasteiger partial charge on any atom is 0.256 e. The Morgan fingerprint density at radius 1 is 1.00 bits per heavy atom. The van der Waals surface area contributed by atoms with Gasteiger partial charge in [-0.1, -0.05) is 24.3 Å². The number of anilines is 1. The lowest BCUT2D eigenvalue weighted by atomic mass is 10.0. The minimum absolute atomic E-state index is 0.0777. The van der Waals surface area contributed by atoms with Gasteiger partial charge >= 0.3 is 0 Å². The van der Waals surface area contributed by atoms with Crippen molar-refractivity contribution >= 4 is 23.2 Å². The van der Waals surface area contributed by atoms with Crippen LogP contribution in [0, 0.1) is 0 Å². The van der Waals surface area contributed by atoms with Crippen LogP contribution in [0.25, 0.3) is 11.6 Å². The van der Waals surface area contributed by atoms with E-state index in [2.05, 4.69) is 5.32 Å². The van der Waals surface area contributed by atoms with E-state index in [-0.39, 0.29) is 5.91 Å². The van der Waals surface area contributed by atoms with E-state index in [0.717, 1.165) is 28.3 Å². The van der Waals surface area contributed by atoms with E-state index in [4.69, 9.17) is 9.47 Å². The highest BCUT2D eigenvalue weighted by Crippen LogP contribution is 2.35. The van der Waals surface area contributed by atoms with Crippen LogP contribution in [0.3, 0.4) is 0 Å². The van der Waals surface area contributed by atoms with Crippen molar-refractivity contribution in [3.63, 3.8) is 0 Å². The van der Waals surface area contributed by atoms with Crippen molar-refractivity contribution < 1.29 is 14.3 Å². The van der Waals surface area contributed by atoms with Gasteiger partial charge in [-0.25, -0.2) is 0 Å². The SMILES string of the molecule is O=C1Nc2ccccc2/C1=C/c1ccc2c(c1)OCCO2. The van der Waals surface area contributed by atoms with Crippen LogP contribution in [-0.2, 0) is 4.79 Å². The minimum Gasteiger partial charge on any atom is -0.486 e. The second-order valence-corrected chi connectivity index (χ2v) is 4.96. The molecule has 4 nitrogen and oxygen atoms in total. The first-order valence-electron chi connectivity index (χ1n) is 6.83. The van der Waals surface area contributed by atoms with Gasteiger partial charge in [0.15, 0.2) is 11.5 Å². The van der Waals surface area contributed by atoms with E-state index in [0.29, 0.717) is 18.8 Å². The van der Waals surface area contributed by atoms with E-state index >= 15 is 0 Å². The lowest BCUT2D eigenvalue weighted by molar-refractivity contribution is -0.110. The predicted octanol–water partition coefficient (Wildman–Crippen LogP) is 2.95. The molecule has 1 amide bonds. The highest BCUT2D eigenvalue weighted by Gasteiger charge is 2.23. The molecule has 0 saturated heterocycles. The smallest absolute Gasteiger partial charge is 0.256 e. The van der Waals surface area contributed by atoms with Gasteiger partial charge in [0.25, 0.3) is 5.91 Å². The largest absolute Gasteiger partial charge is 0.486 e. The van der Waals surface area contributed by atoms with E-state index in [1.54, 1.807) is 0 Å². The summed E-state index contributed by atoms with van der Waals surface area (Å²) in [5.41, 5.74) is 3.37. The number of benzene rings is 2. The molecule has 1 N–H and O–H groups in total. The summed E-state index contributed by atoms with van der Waals surface area (Å²) in [7, 11) is 0. The van der Waals surface area contributed by atoms with E-state index < -0.39 is 0 Å². The molecule has 4 heteroatoms. The van der Waals surface area contributed by atoms with Crippen molar-refractivity contribution in [3.05, 3.63) is 53.6 Å². The molecule has 0 unspecified atom stereocenters. The Balaban J connectivity index is 1.76. The zero-order valence-electron chi connectivity index (χ0n) is 11.3. The maximum atomic E-state index is 12.1. The van der Waals surface area contributed by atoms with E-state index in [1.165, 1.54) is 0 Å². The Labute approximate surface area is 122 Å². The Morgan fingerprint density at radius 3 is 2.71 bits per heavy atom. The normalized spacial score (nSPS) is 17.5. The fourth-order valence-corrected chi connectivity index (χ4v) is 2.60. The molecule has 104 valence electrons. The third kappa shape index (κ3) is 2.05. The predicted molar refractivity (Wildman–Crippen MR) is 80.4 cm³/mol. The first-order chi connectivity index (χ1) is 10.3. The summed E-state index contributed by atoms with van der Waals surface area (Å²) in [6.07, 6.45) is 1.87. The quantitative estimate of drug-likeness (QED) is 0.816. The van der Waals surface area contributed by atoms with E-state index in [9.17, 15) is 4.79 Å². The van der Waals surface area contributed by atoms with Crippen molar-refractivity contribution in [2.45, 2.75) is 0 Å². The van der Waals surface area contributed by atoms with Gasteiger partial charge in [0.05, 0.1) is 0 Å². The molecule has 4 rings (SSSR count). The lowest BCUT2D eigenvalue weighted by Crippen LogP contribution is -2.15. The zero-order valence-corrected chi connectivity index (χ0v) is 11.3. The molecule has 0 aliphatic carbocycles. The molecule has 0 fully saturated rings. The van der Waals surface area contributed by atoms with Crippen LogP contribution < -0.4 is 14.8 Å². The fraction of sp³-hybridized carbons (Fsp3) is 0.118. The Kier molecular flexibility index (Phi) is 2.67. The van der Waals surface area contributed by atoms with Gasteiger partial charge in [-0.3, -0.25) is 4.79 Å². The molecule has 0 aromatic heterocycles. The topological polar surface area (TPSA) is 47.6 Å². The van der Waals surface area contributed by atoms with Crippen LogP contribution in [0.1, 0.15) is 11.1 Å². The van der Waals surface area contributed by atoms with Crippen molar-refractivity contribution in [1.82, 2.24) is 0 Å². The molecule has 2 heterocycles. The average Bonchev–Trinajstić information content (AvgIpc) is 2.83. The van der Waals surface area contributed by atoms with Crippen LogP contribution >= 0.6 is 0 Å². The third-order valence-corrected chi connectivity index (χ3v) is 3.59. The number of amides is 1. The Bertz CT molecular complexity index is 764. The monoisotopic (exact) mass is 279 g/mol. The standard InChI is InChI=1S/C17H13NO3/c19-17-13(12-3-1-2-4-14(12)18-17)9-11-5-6-15-16(10-11)21-8-7-20-15/h1-6,9-10H,7-8H2,(H,18,19)/b13-9-. The molecule has 2 aromatic rings. The molecule has 0 atom stereocenters. The van der Waals surface area contributed by atoms with Crippen molar-refractivity contribution in [2.75, 3.05) is 18.5 Å². The van der Waals surface area contributed by atoms with Gasteiger partial charge in [-0.2, -0.15) is 0 Å². The number of fused-ring (bicyclic) bond motifs is 2. The van der Waals surface area contributed by atoms with Gasteiger partial charge in [-0.15, -0.1) is 0 Å². The van der Waals surface area contributed by atoms with Crippen molar-refractivity contribution in [1.29, 1.82) is 0 Å². The summed E-state index contributed by atoms with van der Waals surface area (Å²) in [4.78, 5) is 12.1. The minimum atomic E-state index is -0.0777. The number of rotatable bonds is 1. The number of carbonyl (C=O) groups is 1. The number of para-hydroxylation sites is 1. The molecule has 2 aliphatic rings. The molecule has 0 spiro atoms. The van der Waals surface area contributed by atoms with Crippen LogP contribution in [0.15, 0.2) is 42.5 Å².